The lowest BCUT2D eigenvalue weighted by Gasteiger charge is -2.36. The summed E-state index contributed by atoms with van der Waals surface area (Å²) in [7, 11) is 0. The van der Waals surface area contributed by atoms with Gasteiger partial charge < -0.3 is 9.88 Å². The molecule has 1 amide bonds. The van der Waals surface area contributed by atoms with Gasteiger partial charge in [0, 0.05) is 28.7 Å². The van der Waals surface area contributed by atoms with Crippen LogP contribution < -0.4 is 0 Å². The van der Waals surface area contributed by atoms with Crippen molar-refractivity contribution in [3.63, 3.8) is 0 Å². The zero-order valence-electron chi connectivity index (χ0n) is 16.8. The van der Waals surface area contributed by atoms with E-state index in [-0.39, 0.29) is 11.9 Å². The van der Waals surface area contributed by atoms with Crippen LogP contribution in [0.15, 0.2) is 72.8 Å². The van der Waals surface area contributed by atoms with E-state index in [1.807, 2.05) is 36.1 Å². The number of para-hydroxylation sites is 1. The summed E-state index contributed by atoms with van der Waals surface area (Å²) in [6.45, 7) is 4.85. The fourth-order valence-electron chi connectivity index (χ4n) is 4.51. The van der Waals surface area contributed by atoms with Gasteiger partial charge in [-0.05, 0) is 49.6 Å². The van der Waals surface area contributed by atoms with E-state index in [4.69, 9.17) is 0 Å². The predicted molar refractivity (Wildman–Crippen MR) is 117 cm³/mol. The van der Waals surface area contributed by atoms with Gasteiger partial charge in [-0.3, -0.25) is 4.79 Å². The van der Waals surface area contributed by atoms with E-state index in [2.05, 4.69) is 60.4 Å². The molecule has 2 heterocycles. The highest BCUT2D eigenvalue weighted by molar-refractivity contribution is 5.95. The second-order valence-electron chi connectivity index (χ2n) is 7.99. The molecular formula is C26H24N2O. The van der Waals surface area contributed by atoms with Crippen LogP contribution >= 0.6 is 0 Å². The van der Waals surface area contributed by atoms with Gasteiger partial charge in [0.2, 0.25) is 0 Å². The Morgan fingerprint density at radius 2 is 1.72 bits per heavy atom. The Morgan fingerprint density at radius 1 is 0.931 bits per heavy atom. The van der Waals surface area contributed by atoms with Crippen molar-refractivity contribution < 1.29 is 4.79 Å². The minimum atomic E-state index is -0.111. The molecular weight excluding hydrogens is 356 g/mol. The molecule has 0 fully saturated rings. The molecule has 0 saturated carbocycles. The lowest BCUT2D eigenvalue weighted by molar-refractivity contribution is 0.0692. The van der Waals surface area contributed by atoms with Crippen LogP contribution in [0.25, 0.3) is 10.9 Å². The zero-order chi connectivity index (χ0) is 20.0. The smallest absolute Gasteiger partial charge is 0.254 e. The minimum Gasteiger partial charge on any atom is -0.356 e. The fourth-order valence-corrected chi connectivity index (χ4v) is 4.51. The fraction of sp³-hybridized carbons (Fsp3) is 0.192. The average molecular weight is 380 g/mol. The predicted octanol–water partition coefficient (Wildman–Crippen LogP) is 5.57. The van der Waals surface area contributed by atoms with Gasteiger partial charge >= 0.3 is 0 Å². The number of carbonyl (C=O) groups excluding carboxylic acids is 1. The van der Waals surface area contributed by atoms with Gasteiger partial charge in [0.1, 0.15) is 0 Å². The third kappa shape index (κ3) is 3.03. The molecule has 29 heavy (non-hydrogen) atoms. The number of rotatable bonds is 2. The van der Waals surface area contributed by atoms with Crippen LogP contribution in [0, 0.1) is 13.8 Å². The van der Waals surface area contributed by atoms with Gasteiger partial charge in [0.25, 0.3) is 5.91 Å². The van der Waals surface area contributed by atoms with Crippen LogP contribution in [0.1, 0.15) is 44.3 Å². The van der Waals surface area contributed by atoms with Crippen LogP contribution in [0.4, 0.5) is 0 Å². The second-order valence-corrected chi connectivity index (χ2v) is 7.99. The number of hydrogen-bond donors (Lipinski definition) is 1. The summed E-state index contributed by atoms with van der Waals surface area (Å²) in [4.78, 5) is 19.2. The number of fused-ring (bicyclic) bond motifs is 3. The normalized spacial score (nSPS) is 16.1. The summed E-state index contributed by atoms with van der Waals surface area (Å²) in [5, 5.41) is 1.27. The highest BCUT2D eigenvalue weighted by Gasteiger charge is 2.34. The number of hydrogen-bond acceptors (Lipinski definition) is 1. The summed E-state index contributed by atoms with van der Waals surface area (Å²) in [5.41, 5.74) is 7.87. The highest BCUT2D eigenvalue weighted by atomic mass is 16.2. The molecule has 1 N–H and O–H groups in total. The minimum absolute atomic E-state index is 0.0841. The molecule has 0 spiro atoms. The lowest BCUT2D eigenvalue weighted by atomic mass is 9.91. The number of amides is 1. The largest absolute Gasteiger partial charge is 0.356 e. The Labute approximate surface area is 171 Å². The Kier molecular flexibility index (Phi) is 4.24. The topological polar surface area (TPSA) is 36.1 Å². The second kappa shape index (κ2) is 6.93. The molecule has 1 unspecified atom stereocenters. The van der Waals surface area contributed by atoms with E-state index in [1.54, 1.807) is 0 Å². The Bertz CT molecular complexity index is 1200. The van der Waals surface area contributed by atoms with E-state index in [9.17, 15) is 4.79 Å². The molecule has 144 valence electrons. The summed E-state index contributed by atoms with van der Waals surface area (Å²) in [6.07, 6.45) is 0.860. The maximum atomic E-state index is 13.5. The number of aryl methyl sites for hydroxylation is 2. The number of benzene rings is 3. The lowest BCUT2D eigenvalue weighted by Crippen LogP contribution is -2.40. The first-order chi connectivity index (χ1) is 14.1. The van der Waals surface area contributed by atoms with Gasteiger partial charge in [-0.2, -0.15) is 0 Å². The van der Waals surface area contributed by atoms with Crippen molar-refractivity contribution in [3.8, 4) is 0 Å². The number of H-pyrrole nitrogens is 1. The number of nitrogens with zero attached hydrogens (tertiary/aromatic N) is 1. The Morgan fingerprint density at radius 3 is 2.52 bits per heavy atom. The molecule has 0 bridgehead atoms. The maximum Gasteiger partial charge on any atom is 0.254 e. The number of carbonyl (C=O) groups is 1. The molecule has 0 radical (unpaired) electrons. The van der Waals surface area contributed by atoms with Crippen molar-refractivity contribution in [2.45, 2.75) is 26.3 Å². The molecule has 5 rings (SSSR count). The average Bonchev–Trinajstić information content (AvgIpc) is 3.12. The molecule has 1 atom stereocenters. The third-order valence-electron chi connectivity index (χ3n) is 5.95. The Hall–Kier alpha value is -3.33. The standard InChI is InChI=1S/C26H24N2O/c1-17-10-12-19(13-11-17)26(29)28-15-14-22-21-8-3-4-9-23(21)27-24(22)25(28)20-7-5-6-18(2)16-20/h3-13,16,25,27H,14-15H2,1-2H3. The van der Waals surface area contributed by atoms with Crippen LogP contribution in [0.5, 0.6) is 0 Å². The van der Waals surface area contributed by atoms with E-state index in [1.165, 1.54) is 16.5 Å². The number of aromatic nitrogens is 1. The van der Waals surface area contributed by atoms with E-state index < -0.39 is 0 Å². The zero-order valence-corrected chi connectivity index (χ0v) is 16.8. The Balaban J connectivity index is 1.66. The van der Waals surface area contributed by atoms with Crippen LogP contribution in [-0.2, 0) is 6.42 Å². The van der Waals surface area contributed by atoms with Gasteiger partial charge in [-0.1, -0.05) is 65.7 Å². The molecule has 4 aromatic rings. The summed E-state index contributed by atoms with van der Waals surface area (Å²) in [6, 6.07) is 24.7. The summed E-state index contributed by atoms with van der Waals surface area (Å²) >= 11 is 0. The molecule has 0 saturated heterocycles. The number of aromatic amines is 1. The summed E-state index contributed by atoms with van der Waals surface area (Å²) < 4.78 is 0. The van der Waals surface area contributed by atoms with E-state index >= 15 is 0 Å². The third-order valence-corrected chi connectivity index (χ3v) is 5.95. The first kappa shape index (κ1) is 17.7. The molecule has 1 aliphatic heterocycles. The van der Waals surface area contributed by atoms with Crippen molar-refractivity contribution in [2.75, 3.05) is 6.54 Å². The van der Waals surface area contributed by atoms with Crippen molar-refractivity contribution in [1.29, 1.82) is 0 Å². The van der Waals surface area contributed by atoms with Crippen molar-refractivity contribution in [3.05, 3.63) is 106 Å². The van der Waals surface area contributed by atoms with Crippen LogP contribution in [0.3, 0.4) is 0 Å². The molecule has 3 heteroatoms. The first-order valence-electron chi connectivity index (χ1n) is 10.2. The van der Waals surface area contributed by atoms with Crippen molar-refractivity contribution in [1.82, 2.24) is 9.88 Å². The van der Waals surface area contributed by atoms with E-state index in [0.717, 1.165) is 34.3 Å². The van der Waals surface area contributed by atoms with Crippen molar-refractivity contribution in [2.24, 2.45) is 0 Å². The molecule has 3 aromatic carbocycles. The molecule has 1 aromatic heterocycles. The first-order valence-corrected chi connectivity index (χ1v) is 10.2. The maximum absolute atomic E-state index is 13.5. The van der Waals surface area contributed by atoms with Gasteiger partial charge in [-0.25, -0.2) is 0 Å². The van der Waals surface area contributed by atoms with Crippen LogP contribution in [-0.4, -0.2) is 22.3 Å². The number of nitrogens with one attached hydrogen (secondary N) is 1. The van der Waals surface area contributed by atoms with Gasteiger partial charge in [0.05, 0.1) is 6.04 Å². The van der Waals surface area contributed by atoms with Crippen molar-refractivity contribution >= 4 is 16.8 Å². The van der Waals surface area contributed by atoms with E-state index in [0.29, 0.717) is 6.54 Å². The highest BCUT2D eigenvalue weighted by Crippen LogP contribution is 2.39. The summed E-state index contributed by atoms with van der Waals surface area (Å²) in [5.74, 6) is 0.0841. The van der Waals surface area contributed by atoms with Crippen LogP contribution in [0.2, 0.25) is 0 Å². The molecule has 0 aliphatic carbocycles. The van der Waals surface area contributed by atoms with Gasteiger partial charge in [0.15, 0.2) is 0 Å². The SMILES string of the molecule is Cc1ccc(C(=O)N2CCc3c([nH]c4ccccc34)C2c2cccc(C)c2)cc1. The van der Waals surface area contributed by atoms with Gasteiger partial charge in [-0.15, -0.1) is 0 Å². The monoisotopic (exact) mass is 380 g/mol. The quantitative estimate of drug-likeness (QED) is 0.485. The molecule has 3 nitrogen and oxygen atoms in total. The molecule has 1 aliphatic rings.